The fourth-order valence-corrected chi connectivity index (χ4v) is 2.87. The maximum Gasteiger partial charge on any atom is 0.232 e. The van der Waals surface area contributed by atoms with E-state index in [1.165, 1.54) is 12.3 Å². The van der Waals surface area contributed by atoms with E-state index >= 15 is 0 Å². The van der Waals surface area contributed by atoms with Gasteiger partial charge in [0.2, 0.25) is 5.88 Å². The summed E-state index contributed by atoms with van der Waals surface area (Å²) in [4.78, 5) is 4.19. The highest BCUT2D eigenvalue weighted by Gasteiger charge is 2.31. The molecule has 0 radical (unpaired) electrons. The van der Waals surface area contributed by atoms with Crippen LogP contribution in [0.15, 0.2) is 23.2 Å². The van der Waals surface area contributed by atoms with Gasteiger partial charge in [0.15, 0.2) is 9.84 Å². The van der Waals surface area contributed by atoms with Crippen molar-refractivity contribution in [3.8, 4) is 5.88 Å². The zero-order valence-electron chi connectivity index (χ0n) is 10.6. The number of hydrogen-bond acceptors (Lipinski definition) is 5. The predicted octanol–water partition coefficient (Wildman–Crippen LogP) is 0.862. The normalized spacial score (nSPS) is 23.4. The third-order valence-corrected chi connectivity index (χ3v) is 4.21. The van der Waals surface area contributed by atoms with Crippen molar-refractivity contribution in [2.75, 3.05) is 19.8 Å². The van der Waals surface area contributed by atoms with Crippen LogP contribution in [0.2, 0.25) is 0 Å². The number of sulfone groups is 1. The zero-order valence-corrected chi connectivity index (χ0v) is 11.4. The van der Waals surface area contributed by atoms with Gasteiger partial charge in [-0.05, 0) is 44.5 Å². The monoisotopic (exact) mass is 270 g/mol. The second-order valence-electron chi connectivity index (χ2n) is 4.71. The Kier molecular flexibility index (Phi) is 3.87. The van der Waals surface area contributed by atoms with Crippen molar-refractivity contribution in [3.05, 3.63) is 18.3 Å². The van der Waals surface area contributed by atoms with E-state index in [1.54, 1.807) is 12.3 Å². The quantitative estimate of drug-likeness (QED) is 0.859. The Balaban J connectivity index is 2.03. The van der Waals surface area contributed by atoms with E-state index in [4.69, 9.17) is 4.74 Å². The summed E-state index contributed by atoms with van der Waals surface area (Å²) in [5, 5.41) is 3.12. The molecule has 100 valence electrons. The first kappa shape index (κ1) is 13.3. The summed E-state index contributed by atoms with van der Waals surface area (Å²) in [5.74, 6) is 0.846. The number of ether oxygens (including phenoxy) is 1. The number of nitrogens with zero attached hydrogens (tertiary/aromatic N) is 1. The number of pyridine rings is 1. The van der Waals surface area contributed by atoms with E-state index in [1.807, 2.05) is 7.05 Å². The van der Waals surface area contributed by atoms with Crippen molar-refractivity contribution < 1.29 is 13.2 Å². The summed E-state index contributed by atoms with van der Waals surface area (Å²) in [7, 11) is -1.36. The molecule has 0 aliphatic heterocycles. The van der Waals surface area contributed by atoms with E-state index in [0.29, 0.717) is 5.92 Å². The van der Waals surface area contributed by atoms with Crippen molar-refractivity contribution in [1.82, 2.24) is 10.3 Å². The van der Waals surface area contributed by atoms with Gasteiger partial charge in [-0.1, -0.05) is 0 Å². The molecule has 1 aromatic rings. The molecule has 1 aliphatic carbocycles. The molecule has 0 unspecified atom stereocenters. The van der Waals surface area contributed by atoms with Crippen molar-refractivity contribution in [2.45, 2.75) is 23.8 Å². The molecule has 0 aromatic carbocycles. The lowest BCUT2D eigenvalue weighted by Crippen LogP contribution is -2.39. The van der Waals surface area contributed by atoms with Crippen LogP contribution in [0.3, 0.4) is 0 Å². The SMILES string of the molecule is CNCC1CC(Oc2ncccc2S(C)(=O)=O)C1. The van der Waals surface area contributed by atoms with E-state index in [0.717, 1.165) is 19.4 Å². The van der Waals surface area contributed by atoms with Crippen molar-refractivity contribution >= 4 is 9.84 Å². The van der Waals surface area contributed by atoms with E-state index in [2.05, 4.69) is 10.3 Å². The molecule has 6 heteroatoms. The van der Waals surface area contributed by atoms with Crippen LogP contribution in [0.1, 0.15) is 12.8 Å². The van der Waals surface area contributed by atoms with Crippen LogP contribution in [0.5, 0.6) is 5.88 Å². The maximum absolute atomic E-state index is 11.6. The molecule has 0 saturated heterocycles. The van der Waals surface area contributed by atoms with Crippen molar-refractivity contribution in [2.24, 2.45) is 5.92 Å². The lowest BCUT2D eigenvalue weighted by molar-refractivity contribution is 0.0589. The summed E-state index contributed by atoms with van der Waals surface area (Å²) < 4.78 is 28.8. The molecule has 0 spiro atoms. The highest BCUT2D eigenvalue weighted by atomic mass is 32.2. The van der Waals surface area contributed by atoms with Crippen LogP contribution in [-0.2, 0) is 9.84 Å². The molecule has 1 saturated carbocycles. The summed E-state index contributed by atoms with van der Waals surface area (Å²) in [6, 6.07) is 3.13. The van der Waals surface area contributed by atoms with Gasteiger partial charge >= 0.3 is 0 Å². The van der Waals surface area contributed by atoms with Crippen LogP contribution in [0, 0.1) is 5.92 Å². The second kappa shape index (κ2) is 5.24. The van der Waals surface area contributed by atoms with Crippen LogP contribution in [0.4, 0.5) is 0 Å². The Morgan fingerprint density at radius 1 is 1.50 bits per heavy atom. The minimum absolute atomic E-state index is 0.0822. The average molecular weight is 270 g/mol. The molecular weight excluding hydrogens is 252 g/mol. The molecule has 1 heterocycles. The number of aromatic nitrogens is 1. The minimum atomic E-state index is -3.29. The number of rotatable bonds is 5. The highest BCUT2D eigenvalue weighted by molar-refractivity contribution is 7.90. The lowest BCUT2D eigenvalue weighted by atomic mass is 9.82. The van der Waals surface area contributed by atoms with Gasteiger partial charge in [0, 0.05) is 12.5 Å². The highest BCUT2D eigenvalue weighted by Crippen LogP contribution is 2.32. The first-order chi connectivity index (χ1) is 8.50. The Morgan fingerprint density at radius 2 is 2.22 bits per heavy atom. The Labute approximate surface area is 107 Å². The predicted molar refractivity (Wildman–Crippen MR) is 68.4 cm³/mol. The molecule has 5 nitrogen and oxygen atoms in total. The minimum Gasteiger partial charge on any atom is -0.473 e. The fraction of sp³-hybridized carbons (Fsp3) is 0.583. The maximum atomic E-state index is 11.6. The van der Waals surface area contributed by atoms with Crippen LogP contribution >= 0.6 is 0 Å². The molecule has 1 fully saturated rings. The summed E-state index contributed by atoms with van der Waals surface area (Å²) in [5.41, 5.74) is 0. The molecule has 0 bridgehead atoms. The number of hydrogen-bond donors (Lipinski definition) is 1. The average Bonchev–Trinajstić information content (AvgIpc) is 2.25. The van der Waals surface area contributed by atoms with E-state index < -0.39 is 9.84 Å². The fourth-order valence-electron chi connectivity index (χ4n) is 2.13. The molecule has 0 atom stereocenters. The molecule has 2 rings (SSSR count). The molecule has 1 N–H and O–H groups in total. The Hall–Kier alpha value is -1.14. The van der Waals surface area contributed by atoms with Gasteiger partial charge in [0.25, 0.3) is 0 Å². The molecular formula is C12H18N2O3S. The first-order valence-electron chi connectivity index (χ1n) is 5.97. The smallest absolute Gasteiger partial charge is 0.232 e. The number of nitrogens with one attached hydrogen (secondary N) is 1. The molecule has 18 heavy (non-hydrogen) atoms. The van der Waals surface area contributed by atoms with Gasteiger partial charge in [-0.3, -0.25) is 0 Å². The van der Waals surface area contributed by atoms with Gasteiger partial charge in [-0.15, -0.1) is 0 Å². The van der Waals surface area contributed by atoms with Crippen molar-refractivity contribution in [1.29, 1.82) is 0 Å². The molecule has 1 aliphatic rings. The van der Waals surface area contributed by atoms with Gasteiger partial charge in [-0.2, -0.15) is 0 Å². The van der Waals surface area contributed by atoms with Crippen LogP contribution < -0.4 is 10.1 Å². The van der Waals surface area contributed by atoms with Gasteiger partial charge < -0.3 is 10.1 Å². The largest absolute Gasteiger partial charge is 0.473 e. The molecule has 1 aromatic heterocycles. The van der Waals surface area contributed by atoms with Gasteiger partial charge in [-0.25, -0.2) is 13.4 Å². The van der Waals surface area contributed by atoms with Gasteiger partial charge in [0.1, 0.15) is 11.0 Å². The first-order valence-corrected chi connectivity index (χ1v) is 7.86. The van der Waals surface area contributed by atoms with Crippen LogP contribution in [-0.4, -0.2) is 39.4 Å². The summed E-state index contributed by atoms with van der Waals surface area (Å²) in [6.45, 7) is 0.973. The van der Waals surface area contributed by atoms with Crippen molar-refractivity contribution in [3.63, 3.8) is 0 Å². The molecule has 0 amide bonds. The Bertz CT molecular complexity index is 510. The standard InChI is InChI=1S/C12H18N2O3S/c1-13-8-9-6-10(7-9)17-12-11(18(2,15)16)4-3-5-14-12/h3-5,9-10,13H,6-8H2,1-2H3. The Morgan fingerprint density at radius 3 is 2.83 bits per heavy atom. The van der Waals surface area contributed by atoms with Gasteiger partial charge in [0.05, 0.1) is 0 Å². The summed E-state index contributed by atoms with van der Waals surface area (Å²) >= 11 is 0. The van der Waals surface area contributed by atoms with Crippen LogP contribution in [0.25, 0.3) is 0 Å². The van der Waals surface area contributed by atoms with E-state index in [-0.39, 0.29) is 16.9 Å². The third-order valence-electron chi connectivity index (χ3n) is 3.10. The summed E-state index contributed by atoms with van der Waals surface area (Å²) in [6.07, 6.45) is 4.69. The second-order valence-corrected chi connectivity index (χ2v) is 6.70. The zero-order chi connectivity index (χ0) is 13.2. The lowest BCUT2D eigenvalue weighted by Gasteiger charge is -2.35. The topological polar surface area (TPSA) is 68.3 Å². The third kappa shape index (κ3) is 3.00. The van der Waals surface area contributed by atoms with E-state index in [9.17, 15) is 8.42 Å².